The van der Waals surface area contributed by atoms with Gasteiger partial charge in [0.25, 0.3) is 10.0 Å². The molecule has 168 valence electrons. The highest BCUT2D eigenvalue weighted by atomic mass is 32.2. The van der Waals surface area contributed by atoms with Gasteiger partial charge in [0.2, 0.25) is 0 Å². The summed E-state index contributed by atoms with van der Waals surface area (Å²) in [4.78, 5) is 16.4. The quantitative estimate of drug-likeness (QED) is 0.558. The highest BCUT2D eigenvalue weighted by Gasteiger charge is 2.27. The van der Waals surface area contributed by atoms with Crippen LogP contribution in [0.15, 0.2) is 64.2 Å². The predicted molar refractivity (Wildman–Crippen MR) is 129 cm³/mol. The van der Waals surface area contributed by atoms with E-state index >= 15 is 0 Å². The summed E-state index contributed by atoms with van der Waals surface area (Å²) in [7, 11) is -3.75. The molecule has 1 unspecified atom stereocenters. The Morgan fingerprint density at radius 2 is 1.94 bits per heavy atom. The number of hydrogen-bond donors (Lipinski definition) is 2. The summed E-state index contributed by atoms with van der Waals surface area (Å²) in [5.41, 5.74) is 3.26. The summed E-state index contributed by atoms with van der Waals surface area (Å²) in [6, 6.07) is 16.4. The van der Waals surface area contributed by atoms with Crippen LogP contribution in [0.2, 0.25) is 0 Å². The van der Waals surface area contributed by atoms with E-state index in [9.17, 15) is 18.3 Å². The molecular formula is C23H25N3O4S2. The van der Waals surface area contributed by atoms with Crippen LogP contribution in [0, 0.1) is 6.92 Å². The number of anilines is 3. The Morgan fingerprint density at radius 3 is 2.59 bits per heavy atom. The van der Waals surface area contributed by atoms with Crippen LogP contribution in [0.25, 0.3) is 0 Å². The second-order valence-corrected chi connectivity index (χ2v) is 10.8. The predicted octanol–water partition coefficient (Wildman–Crippen LogP) is 4.27. The number of piperazine rings is 1. The highest BCUT2D eigenvalue weighted by Crippen LogP contribution is 2.30. The molecule has 0 saturated carbocycles. The SMILES string of the molecule is Cc1cccc(N2CCN(c3ccc(NS(=O)(=O)c4cccs4)cc3C(=O)O)CC2C)c1. The maximum absolute atomic E-state index is 12.5. The van der Waals surface area contributed by atoms with Crippen molar-refractivity contribution in [3.8, 4) is 0 Å². The summed E-state index contributed by atoms with van der Waals surface area (Å²) in [6.45, 7) is 6.28. The minimum Gasteiger partial charge on any atom is -0.478 e. The number of aromatic carboxylic acids is 1. The van der Waals surface area contributed by atoms with Crippen molar-refractivity contribution < 1.29 is 18.3 Å². The minimum atomic E-state index is -3.75. The Labute approximate surface area is 192 Å². The third-order valence-electron chi connectivity index (χ3n) is 5.54. The summed E-state index contributed by atoms with van der Waals surface area (Å²) in [5.74, 6) is -1.09. The molecule has 1 aliphatic heterocycles. The number of nitrogens with one attached hydrogen (secondary N) is 1. The van der Waals surface area contributed by atoms with E-state index < -0.39 is 16.0 Å². The van der Waals surface area contributed by atoms with E-state index in [1.54, 1.807) is 23.6 Å². The number of carbonyl (C=O) groups is 1. The maximum atomic E-state index is 12.5. The van der Waals surface area contributed by atoms with Gasteiger partial charge in [-0.25, -0.2) is 13.2 Å². The van der Waals surface area contributed by atoms with Gasteiger partial charge in [0, 0.05) is 37.1 Å². The van der Waals surface area contributed by atoms with Crippen LogP contribution in [0.1, 0.15) is 22.8 Å². The van der Waals surface area contributed by atoms with E-state index in [1.165, 1.54) is 17.7 Å². The molecule has 2 aromatic carbocycles. The Kier molecular flexibility index (Phi) is 6.12. The number of benzene rings is 2. The van der Waals surface area contributed by atoms with E-state index in [-0.39, 0.29) is 21.5 Å². The molecule has 7 nitrogen and oxygen atoms in total. The van der Waals surface area contributed by atoms with Crippen molar-refractivity contribution in [2.45, 2.75) is 24.1 Å². The van der Waals surface area contributed by atoms with Crippen molar-refractivity contribution in [3.63, 3.8) is 0 Å². The number of sulfonamides is 1. The largest absolute Gasteiger partial charge is 0.478 e. The molecule has 1 fully saturated rings. The second-order valence-electron chi connectivity index (χ2n) is 7.90. The number of hydrogen-bond acceptors (Lipinski definition) is 6. The first kappa shape index (κ1) is 22.2. The molecule has 1 aromatic heterocycles. The number of aryl methyl sites for hydroxylation is 1. The number of carboxylic acid groups (broad SMARTS) is 1. The standard InChI is InChI=1S/C23H25N3O4S2/c1-16-5-3-6-19(13-16)26-11-10-25(15-17(26)2)21-9-8-18(14-20(21)23(27)28)24-32(29,30)22-7-4-12-31-22/h3-9,12-14,17,24H,10-11,15H2,1-2H3,(H,27,28). The van der Waals surface area contributed by atoms with Crippen molar-refractivity contribution in [2.75, 3.05) is 34.2 Å². The molecule has 0 bridgehead atoms. The molecule has 1 aliphatic rings. The Bertz CT molecular complexity index is 1230. The first-order chi connectivity index (χ1) is 15.2. The van der Waals surface area contributed by atoms with E-state index in [4.69, 9.17) is 0 Å². The van der Waals surface area contributed by atoms with Gasteiger partial charge in [-0.3, -0.25) is 4.72 Å². The summed E-state index contributed by atoms with van der Waals surface area (Å²) < 4.78 is 27.7. The fourth-order valence-corrected chi connectivity index (χ4v) is 6.08. The Hall–Kier alpha value is -3.04. The molecule has 0 radical (unpaired) electrons. The summed E-state index contributed by atoms with van der Waals surface area (Å²) in [6.07, 6.45) is 0. The summed E-state index contributed by atoms with van der Waals surface area (Å²) in [5, 5.41) is 11.5. The van der Waals surface area contributed by atoms with E-state index in [0.29, 0.717) is 18.8 Å². The normalized spacial score (nSPS) is 16.8. The Morgan fingerprint density at radius 1 is 1.12 bits per heavy atom. The lowest BCUT2D eigenvalue weighted by molar-refractivity contribution is 0.0697. The average molecular weight is 472 g/mol. The van der Waals surface area contributed by atoms with Gasteiger partial charge in [-0.1, -0.05) is 18.2 Å². The van der Waals surface area contributed by atoms with E-state index in [0.717, 1.165) is 23.6 Å². The van der Waals surface area contributed by atoms with Gasteiger partial charge in [-0.15, -0.1) is 11.3 Å². The monoisotopic (exact) mass is 471 g/mol. The second kappa shape index (κ2) is 8.84. The van der Waals surface area contributed by atoms with E-state index in [1.807, 2.05) is 6.07 Å². The van der Waals surface area contributed by atoms with E-state index in [2.05, 4.69) is 46.6 Å². The zero-order valence-electron chi connectivity index (χ0n) is 17.9. The van der Waals surface area contributed by atoms with Gasteiger partial charge in [0.1, 0.15) is 4.21 Å². The lowest BCUT2D eigenvalue weighted by Gasteiger charge is -2.42. The molecule has 2 N–H and O–H groups in total. The minimum absolute atomic E-state index is 0.0765. The van der Waals surface area contributed by atoms with Gasteiger partial charge in [0.05, 0.1) is 11.3 Å². The number of thiophene rings is 1. The zero-order valence-corrected chi connectivity index (χ0v) is 19.5. The average Bonchev–Trinajstić information content (AvgIpc) is 3.29. The number of rotatable bonds is 6. The summed E-state index contributed by atoms with van der Waals surface area (Å²) >= 11 is 1.11. The van der Waals surface area contributed by atoms with Gasteiger partial charge in [-0.05, 0) is 61.2 Å². The molecule has 4 rings (SSSR count). The molecule has 0 amide bonds. The topological polar surface area (TPSA) is 90.0 Å². The molecule has 0 spiro atoms. The van der Waals surface area contributed by atoms with Crippen molar-refractivity contribution >= 4 is 44.4 Å². The van der Waals surface area contributed by atoms with Crippen molar-refractivity contribution in [1.29, 1.82) is 0 Å². The van der Waals surface area contributed by atoms with Crippen molar-refractivity contribution in [2.24, 2.45) is 0 Å². The third-order valence-corrected chi connectivity index (χ3v) is 8.32. The van der Waals surface area contributed by atoms with Gasteiger partial charge < -0.3 is 14.9 Å². The lowest BCUT2D eigenvalue weighted by Crippen LogP contribution is -2.52. The van der Waals surface area contributed by atoms with Crippen molar-refractivity contribution in [3.05, 3.63) is 71.1 Å². The fourth-order valence-electron chi connectivity index (χ4n) is 4.04. The molecule has 1 saturated heterocycles. The van der Waals surface area contributed by atoms with Crippen LogP contribution in [-0.4, -0.2) is 45.2 Å². The Balaban J connectivity index is 1.56. The molecule has 0 aliphatic carbocycles. The highest BCUT2D eigenvalue weighted by molar-refractivity contribution is 7.94. The number of nitrogens with zero attached hydrogens (tertiary/aromatic N) is 2. The smallest absolute Gasteiger partial charge is 0.337 e. The molecule has 32 heavy (non-hydrogen) atoms. The van der Waals surface area contributed by atoms with Gasteiger partial charge in [0.15, 0.2) is 0 Å². The number of carboxylic acids is 1. The third kappa shape index (κ3) is 4.58. The van der Waals surface area contributed by atoms with Gasteiger partial charge in [-0.2, -0.15) is 0 Å². The lowest BCUT2D eigenvalue weighted by atomic mass is 10.1. The first-order valence-electron chi connectivity index (χ1n) is 10.3. The van der Waals surface area contributed by atoms with Crippen LogP contribution in [-0.2, 0) is 10.0 Å². The van der Waals surface area contributed by atoms with Crippen LogP contribution >= 0.6 is 11.3 Å². The molecule has 2 heterocycles. The van der Waals surface area contributed by atoms with Gasteiger partial charge >= 0.3 is 5.97 Å². The van der Waals surface area contributed by atoms with Crippen LogP contribution in [0.5, 0.6) is 0 Å². The van der Waals surface area contributed by atoms with Crippen molar-refractivity contribution in [1.82, 2.24) is 0 Å². The van der Waals surface area contributed by atoms with Crippen LogP contribution in [0.4, 0.5) is 17.1 Å². The molecule has 1 atom stereocenters. The molecular weight excluding hydrogens is 446 g/mol. The zero-order chi connectivity index (χ0) is 22.9. The fraction of sp³-hybridized carbons (Fsp3) is 0.261. The van der Waals surface area contributed by atoms with Crippen LogP contribution in [0.3, 0.4) is 0 Å². The molecule has 9 heteroatoms. The maximum Gasteiger partial charge on any atom is 0.337 e. The molecule has 3 aromatic rings. The van der Waals surface area contributed by atoms with Crippen LogP contribution < -0.4 is 14.5 Å². The first-order valence-corrected chi connectivity index (χ1v) is 12.6.